The zero-order valence-corrected chi connectivity index (χ0v) is 12.3. The molecule has 0 unspecified atom stereocenters. The van der Waals surface area contributed by atoms with E-state index in [4.69, 9.17) is 12.2 Å². The summed E-state index contributed by atoms with van der Waals surface area (Å²) in [6, 6.07) is 6.50. The summed E-state index contributed by atoms with van der Waals surface area (Å²) >= 11 is 5.52. The summed E-state index contributed by atoms with van der Waals surface area (Å²) in [7, 11) is 0. The molecule has 100 valence electrons. The Labute approximate surface area is 124 Å². The zero-order chi connectivity index (χ0) is 13.7. The second kappa shape index (κ2) is 4.38. The van der Waals surface area contributed by atoms with E-state index >= 15 is 0 Å². The molecule has 0 amide bonds. The molecule has 0 saturated heterocycles. The first-order valence-electron chi connectivity index (χ1n) is 7.12. The largest absolute Gasteiger partial charge is 0.335 e. The topological polar surface area (TPSA) is 16.1 Å². The van der Waals surface area contributed by atoms with Crippen molar-refractivity contribution in [3.05, 3.63) is 47.3 Å². The van der Waals surface area contributed by atoms with E-state index in [1.807, 2.05) is 18.5 Å². The maximum Gasteiger partial charge on any atom is 0.0827 e. The number of rotatable bonds is 1. The van der Waals surface area contributed by atoms with Crippen molar-refractivity contribution in [3.8, 4) is 11.1 Å². The fraction of sp³-hybridized carbons (Fsp3) is 0.294. The molecule has 0 radical (unpaired) electrons. The second-order valence-corrected chi connectivity index (χ2v) is 6.04. The van der Waals surface area contributed by atoms with Crippen molar-refractivity contribution in [2.45, 2.75) is 26.2 Å². The Morgan fingerprint density at radius 2 is 2.15 bits per heavy atom. The van der Waals surface area contributed by atoms with Crippen LogP contribution in [0.25, 0.3) is 11.1 Å². The van der Waals surface area contributed by atoms with Crippen LogP contribution in [-0.4, -0.2) is 16.5 Å². The molecule has 2 nitrogen and oxygen atoms in total. The number of anilines is 1. The molecule has 0 N–H and O–H groups in total. The van der Waals surface area contributed by atoms with E-state index in [1.165, 1.54) is 33.5 Å². The van der Waals surface area contributed by atoms with E-state index in [9.17, 15) is 0 Å². The third-order valence-corrected chi connectivity index (χ3v) is 4.93. The number of benzene rings is 1. The van der Waals surface area contributed by atoms with Gasteiger partial charge < -0.3 is 4.90 Å². The van der Waals surface area contributed by atoms with E-state index in [-0.39, 0.29) is 0 Å². The number of aromatic nitrogens is 1. The molecule has 0 aliphatic carbocycles. The van der Waals surface area contributed by atoms with Gasteiger partial charge in [0.2, 0.25) is 0 Å². The number of thiocarbonyl (C=S) groups is 1. The van der Waals surface area contributed by atoms with Gasteiger partial charge >= 0.3 is 0 Å². The summed E-state index contributed by atoms with van der Waals surface area (Å²) in [4.78, 5) is 7.73. The normalized spacial score (nSPS) is 16.4. The van der Waals surface area contributed by atoms with Crippen LogP contribution in [0.5, 0.6) is 0 Å². The maximum atomic E-state index is 5.52. The molecule has 0 bridgehead atoms. The molecule has 3 heteroatoms. The quantitative estimate of drug-likeness (QED) is 0.741. The number of nitrogens with zero attached hydrogens (tertiary/aromatic N) is 2. The van der Waals surface area contributed by atoms with Gasteiger partial charge in [0, 0.05) is 36.6 Å². The summed E-state index contributed by atoms with van der Waals surface area (Å²) in [6.07, 6.45) is 6.99. The third kappa shape index (κ3) is 1.63. The molecule has 2 aliphatic heterocycles. The number of hydrogen-bond acceptors (Lipinski definition) is 2. The Morgan fingerprint density at radius 3 is 2.95 bits per heavy atom. The minimum Gasteiger partial charge on any atom is -0.335 e. The first kappa shape index (κ1) is 12.0. The van der Waals surface area contributed by atoms with Gasteiger partial charge in [0.25, 0.3) is 0 Å². The molecule has 2 aliphatic rings. The maximum absolute atomic E-state index is 5.52. The lowest BCUT2D eigenvalue weighted by molar-refractivity contribution is 0.936. The molecule has 20 heavy (non-hydrogen) atoms. The van der Waals surface area contributed by atoms with Crippen LogP contribution < -0.4 is 4.90 Å². The molecule has 1 aromatic carbocycles. The Hall–Kier alpha value is -1.74. The van der Waals surface area contributed by atoms with Gasteiger partial charge in [-0.15, -0.1) is 0 Å². The van der Waals surface area contributed by atoms with Crippen LogP contribution in [-0.2, 0) is 12.8 Å². The first-order chi connectivity index (χ1) is 9.75. The number of hydrogen-bond donors (Lipinski definition) is 0. The van der Waals surface area contributed by atoms with Crippen LogP contribution in [0.1, 0.15) is 23.1 Å². The van der Waals surface area contributed by atoms with E-state index in [0.717, 1.165) is 30.8 Å². The minimum absolute atomic E-state index is 1.01. The summed E-state index contributed by atoms with van der Waals surface area (Å²) in [5, 5.41) is 0. The second-order valence-electron chi connectivity index (χ2n) is 5.57. The predicted molar refractivity (Wildman–Crippen MR) is 86.4 cm³/mol. The molecule has 0 spiro atoms. The van der Waals surface area contributed by atoms with Crippen LogP contribution in [0.2, 0.25) is 0 Å². The predicted octanol–water partition coefficient (Wildman–Crippen LogP) is 3.69. The molecule has 1 aromatic heterocycles. The summed E-state index contributed by atoms with van der Waals surface area (Å²) < 4.78 is 0. The van der Waals surface area contributed by atoms with E-state index in [2.05, 4.69) is 28.9 Å². The van der Waals surface area contributed by atoms with Gasteiger partial charge in [-0.2, -0.15) is 0 Å². The highest BCUT2D eigenvalue weighted by molar-refractivity contribution is 7.80. The van der Waals surface area contributed by atoms with Gasteiger partial charge in [-0.05, 0) is 54.2 Å². The van der Waals surface area contributed by atoms with Gasteiger partial charge in [-0.25, -0.2) is 0 Å². The van der Waals surface area contributed by atoms with Crippen molar-refractivity contribution in [1.29, 1.82) is 0 Å². The highest BCUT2D eigenvalue weighted by Gasteiger charge is 2.31. The molecule has 2 aromatic rings. The molecule has 0 atom stereocenters. The smallest absolute Gasteiger partial charge is 0.0827 e. The zero-order valence-electron chi connectivity index (χ0n) is 11.5. The van der Waals surface area contributed by atoms with Gasteiger partial charge in [-0.3, -0.25) is 4.98 Å². The Balaban J connectivity index is 1.96. The van der Waals surface area contributed by atoms with Crippen molar-refractivity contribution < 1.29 is 0 Å². The lowest BCUT2D eigenvalue weighted by Crippen LogP contribution is -2.31. The van der Waals surface area contributed by atoms with E-state index < -0.39 is 0 Å². The highest BCUT2D eigenvalue weighted by Crippen LogP contribution is 2.42. The minimum atomic E-state index is 1.01. The Bertz CT molecular complexity index is 707. The van der Waals surface area contributed by atoms with E-state index in [1.54, 1.807) is 0 Å². The molecule has 4 rings (SSSR count). The van der Waals surface area contributed by atoms with E-state index in [0.29, 0.717) is 0 Å². The van der Waals surface area contributed by atoms with Crippen LogP contribution in [0.15, 0.2) is 30.6 Å². The molecular formula is C17H16N2S. The van der Waals surface area contributed by atoms with Crippen molar-refractivity contribution in [2.24, 2.45) is 0 Å². The number of pyridine rings is 1. The summed E-state index contributed by atoms with van der Waals surface area (Å²) in [5.74, 6) is 0. The Kier molecular flexibility index (Phi) is 2.64. The average Bonchev–Trinajstić information content (AvgIpc) is 2.91. The SMILES string of the molecule is Cc1c(-c2cccnc2)cc2c3c1CCC(=S)N3CC2. The van der Waals surface area contributed by atoms with Gasteiger partial charge in [-0.1, -0.05) is 18.3 Å². The fourth-order valence-corrected chi connectivity index (χ4v) is 3.78. The summed E-state index contributed by atoms with van der Waals surface area (Å²) in [5.41, 5.74) is 8.30. The van der Waals surface area contributed by atoms with Crippen molar-refractivity contribution in [2.75, 3.05) is 11.4 Å². The van der Waals surface area contributed by atoms with Gasteiger partial charge in [0.1, 0.15) is 0 Å². The monoisotopic (exact) mass is 280 g/mol. The standard InChI is InChI=1S/C17H16N2S/c1-11-14-4-5-16(20)19-8-6-12(17(14)19)9-15(11)13-3-2-7-18-10-13/h2-3,7,9-10H,4-6,8H2,1H3. The van der Waals surface area contributed by atoms with Crippen LogP contribution in [0, 0.1) is 6.92 Å². The van der Waals surface area contributed by atoms with Crippen LogP contribution in [0.4, 0.5) is 5.69 Å². The average molecular weight is 280 g/mol. The van der Waals surface area contributed by atoms with Crippen LogP contribution >= 0.6 is 12.2 Å². The van der Waals surface area contributed by atoms with Crippen LogP contribution in [0.3, 0.4) is 0 Å². The summed E-state index contributed by atoms with van der Waals surface area (Å²) in [6.45, 7) is 3.29. The van der Waals surface area contributed by atoms with Gasteiger partial charge in [0.15, 0.2) is 0 Å². The Morgan fingerprint density at radius 1 is 1.25 bits per heavy atom. The van der Waals surface area contributed by atoms with Crippen molar-refractivity contribution in [3.63, 3.8) is 0 Å². The fourth-order valence-electron chi connectivity index (χ4n) is 3.50. The molecule has 0 saturated carbocycles. The molecular weight excluding hydrogens is 264 g/mol. The first-order valence-corrected chi connectivity index (χ1v) is 7.52. The lowest BCUT2D eigenvalue weighted by Gasteiger charge is -2.30. The van der Waals surface area contributed by atoms with Crippen molar-refractivity contribution in [1.82, 2.24) is 4.98 Å². The molecule has 0 fully saturated rings. The highest BCUT2D eigenvalue weighted by atomic mass is 32.1. The third-order valence-electron chi connectivity index (χ3n) is 4.50. The van der Waals surface area contributed by atoms with Crippen molar-refractivity contribution >= 4 is 22.9 Å². The van der Waals surface area contributed by atoms with Gasteiger partial charge in [0.05, 0.1) is 4.99 Å². The lowest BCUT2D eigenvalue weighted by atomic mass is 9.89. The molecule has 3 heterocycles.